The number of carbonyl (C=O) groups is 2. The topological polar surface area (TPSA) is 75.4 Å². The quantitative estimate of drug-likeness (QED) is 0.795. The molecule has 0 unspecified atom stereocenters. The zero-order valence-corrected chi connectivity index (χ0v) is 12.3. The predicted molar refractivity (Wildman–Crippen MR) is 80.6 cm³/mol. The Morgan fingerprint density at radius 2 is 1.90 bits per heavy atom. The van der Waals surface area contributed by atoms with Gasteiger partial charge in [0.25, 0.3) is 0 Å². The molecule has 0 saturated heterocycles. The fourth-order valence-corrected chi connectivity index (χ4v) is 1.75. The summed E-state index contributed by atoms with van der Waals surface area (Å²) in [5.74, 6) is -0.161. The zero-order chi connectivity index (χ0) is 13.8. The first-order valence-corrected chi connectivity index (χ1v) is 6.42. The number of likely N-dealkylation sites (N-methyl/N-ethyl adjacent to an activating group) is 1. The molecular weight excluding hydrogens is 278 g/mol. The van der Waals surface area contributed by atoms with Crippen LogP contribution in [0, 0.1) is 0 Å². The van der Waals surface area contributed by atoms with Gasteiger partial charge in [0.05, 0.1) is 13.0 Å². The molecule has 6 heteroatoms. The third kappa shape index (κ3) is 5.09. The van der Waals surface area contributed by atoms with Crippen molar-refractivity contribution >= 4 is 29.9 Å². The molecule has 110 valence electrons. The van der Waals surface area contributed by atoms with Gasteiger partial charge in [0.1, 0.15) is 0 Å². The molecule has 0 aliphatic heterocycles. The first-order chi connectivity index (χ1) is 9.04. The minimum absolute atomic E-state index is 0. The van der Waals surface area contributed by atoms with E-state index in [1.54, 1.807) is 19.2 Å². The molecule has 1 aliphatic carbocycles. The second-order valence-corrected chi connectivity index (χ2v) is 5.01. The van der Waals surface area contributed by atoms with Crippen LogP contribution in [0.5, 0.6) is 0 Å². The molecule has 0 heterocycles. The van der Waals surface area contributed by atoms with Gasteiger partial charge >= 0.3 is 0 Å². The van der Waals surface area contributed by atoms with Crippen LogP contribution in [-0.2, 0) is 16.0 Å². The molecule has 1 aromatic carbocycles. The van der Waals surface area contributed by atoms with Crippen LogP contribution >= 0.6 is 12.4 Å². The van der Waals surface area contributed by atoms with Crippen LogP contribution in [0.4, 0.5) is 5.69 Å². The van der Waals surface area contributed by atoms with E-state index in [1.165, 1.54) is 4.90 Å². The number of nitrogens with one attached hydrogen (secondary N) is 1. The SMILES string of the molecule is CN(CC(=O)NC1CC1)C(=O)Cc1ccc(N)cc1.Cl. The Morgan fingerprint density at radius 3 is 2.45 bits per heavy atom. The summed E-state index contributed by atoms with van der Waals surface area (Å²) in [4.78, 5) is 25.0. The molecule has 0 spiro atoms. The molecule has 0 atom stereocenters. The number of benzene rings is 1. The molecule has 0 aromatic heterocycles. The summed E-state index contributed by atoms with van der Waals surface area (Å²) in [6.45, 7) is 0.115. The van der Waals surface area contributed by atoms with Crippen LogP contribution in [0.15, 0.2) is 24.3 Å². The van der Waals surface area contributed by atoms with Gasteiger partial charge in [-0.2, -0.15) is 0 Å². The first-order valence-electron chi connectivity index (χ1n) is 6.42. The molecule has 1 aromatic rings. The van der Waals surface area contributed by atoms with Crippen molar-refractivity contribution in [1.82, 2.24) is 10.2 Å². The molecule has 2 amide bonds. The Kier molecular flexibility index (Phi) is 5.82. The van der Waals surface area contributed by atoms with E-state index in [-0.39, 0.29) is 37.2 Å². The number of nitrogens with two attached hydrogens (primary N) is 1. The fourth-order valence-electron chi connectivity index (χ4n) is 1.75. The van der Waals surface area contributed by atoms with E-state index in [2.05, 4.69) is 5.32 Å². The fraction of sp³-hybridized carbons (Fsp3) is 0.429. The molecule has 1 fully saturated rings. The van der Waals surface area contributed by atoms with Crippen LogP contribution in [0.2, 0.25) is 0 Å². The summed E-state index contributed by atoms with van der Waals surface area (Å²) < 4.78 is 0. The van der Waals surface area contributed by atoms with Gasteiger partial charge in [-0.1, -0.05) is 12.1 Å². The number of anilines is 1. The van der Waals surface area contributed by atoms with Crippen molar-refractivity contribution in [2.45, 2.75) is 25.3 Å². The third-order valence-electron chi connectivity index (χ3n) is 3.08. The van der Waals surface area contributed by atoms with Crippen molar-refractivity contribution in [3.05, 3.63) is 29.8 Å². The number of nitrogen functional groups attached to an aromatic ring is 1. The molecule has 3 N–H and O–H groups in total. The van der Waals surface area contributed by atoms with E-state index in [9.17, 15) is 9.59 Å². The zero-order valence-electron chi connectivity index (χ0n) is 11.5. The van der Waals surface area contributed by atoms with Crippen LogP contribution in [-0.4, -0.2) is 36.3 Å². The van der Waals surface area contributed by atoms with Crippen molar-refractivity contribution in [2.75, 3.05) is 19.3 Å². The number of amides is 2. The number of nitrogens with zero attached hydrogens (tertiary/aromatic N) is 1. The summed E-state index contributed by atoms with van der Waals surface area (Å²) in [5.41, 5.74) is 7.16. The molecule has 0 bridgehead atoms. The summed E-state index contributed by atoms with van der Waals surface area (Å²) in [7, 11) is 1.64. The highest BCUT2D eigenvalue weighted by Gasteiger charge is 2.24. The van der Waals surface area contributed by atoms with Gasteiger partial charge in [0.2, 0.25) is 11.8 Å². The Hall–Kier alpha value is -1.75. The third-order valence-corrected chi connectivity index (χ3v) is 3.08. The van der Waals surface area contributed by atoms with Gasteiger partial charge in [0, 0.05) is 18.8 Å². The van der Waals surface area contributed by atoms with E-state index < -0.39 is 0 Å². The van der Waals surface area contributed by atoms with Gasteiger partial charge in [-0.05, 0) is 30.5 Å². The number of hydrogen-bond donors (Lipinski definition) is 2. The lowest BCUT2D eigenvalue weighted by Crippen LogP contribution is -2.39. The number of hydrogen-bond acceptors (Lipinski definition) is 3. The van der Waals surface area contributed by atoms with Crippen molar-refractivity contribution in [3.8, 4) is 0 Å². The maximum atomic E-state index is 11.9. The van der Waals surface area contributed by atoms with Crippen molar-refractivity contribution in [2.24, 2.45) is 0 Å². The van der Waals surface area contributed by atoms with E-state index in [1.807, 2.05) is 12.1 Å². The molecule has 0 radical (unpaired) electrons. The van der Waals surface area contributed by atoms with Crippen molar-refractivity contribution < 1.29 is 9.59 Å². The van der Waals surface area contributed by atoms with E-state index in [0.29, 0.717) is 11.7 Å². The van der Waals surface area contributed by atoms with E-state index >= 15 is 0 Å². The van der Waals surface area contributed by atoms with Gasteiger partial charge in [-0.3, -0.25) is 9.59 Å². The second kappa shape index (κ2) is 7.14. The maximum absolute atomic E-state index is 11.9. The molecule has 20 heavy (non-hydrogen) atoms. The molecule has 1 saturated carbocycles. The van der Waals surface area contributed by atoms with Gasteiger partial charge in [-0.15, -0.1) is 12.4 Å². The summed E-state index contributed by atoms with van der Waals surface area (Å²) in [6, 6.07) is 7.51. The van der Waals surface area contributed by atoms with Gasteiger partial charge in [-0.25, -0.2) is 0 Å². The lowest BCUT2D eigenvalue weighted by atomic mass is 10.1. The van der Waals surface area contributed by atoms with Gasteiger partial charge in [0.15, 0.2) is 0 Å². The minimum Gasteiger partial charge on any atom is -0.399 e. The van der Waals surface area contributed by atoms with Gasteiger partial charge < -0.3 is 16.0 Å². The highest BCUT2D eigenvalue weighted by molar-refractivity contribution is 5.86. The summed E-state index contributed by atoms with van der Waals surface area (Å²) in [6.07, 6.45) is 2.39. The lowest BCUT2D eigenvalue weighted by Gasteiger charge is -2.16. The Morgan fingerprint density at radius 1 is 1.30 bits per heavy atom. The van der Waals surface area contributed by atoms with Crippen LogP contribution in [0.25, 0.3) is 0 Å². The Balaban J connectivity index is 0.00000200. The van der Waals surface area contributed by atoms with Crippen molar-refractivity contribution in [3.63, 3.8) is 0 Å². The van der Waals surface area contributed by atoms with E-state index in [0.717, 1.165) is 18.4 Å². The smallest absolute Gasteiger partial charge is 0.239 e. The second-order valence-electron chi connectivity index (χ2n) is 5.01. The maximum Gasteiger partial charge on any atom is 0.239 e. The first kappa shape index (κ1) is 16.3. The summed E-state index contributed by atoms with van der Waals surface area (Å²) >= 11 is 0. The van der Waals surface area contributed by atoms with E-state index in [4.69, 9.17) is 5.73 Å². The summed E-state index contributed by atoms with van der Waals surface area (Å²) in [5, 5.41) is 2.86. The standard InChI is InChI=1S/C14H19N3O2.ClH/c1-17(9-13(18)16-12-6-7-12)14(19)8-10-2-4-11(15)5-3-10;/h2-5,12H,6-9,15H2,1H3,(H,16,18);1H. The van der Waals surface area contributed by atoms with Crippen LogP contribution in [0.1, 0.15) is 18.4 Å². The monoisotopic (exact) mass is 297 g/mol. The number of rotatable bonds is 5. The average molecular weight is 298 g/mol. The lowest BCUT2D eigenvalue weighted by molar-refractivity contribution is -0.134. The van der Waals surface area contributed by atoms with Crippen LogP contribution < -0.4 is 11.1 Å². The largest absolute Gasteiger partial charge is 0.399 e. The Bertz CT molecular complexity index is 472. The highest BCUT2D eigenvalue weighted by Crippen LogP contribution is 2.18. The molecule has 5 nitrogen and oxygen atoms in total. The number of halogens is 1. The molecule has 1 aliphatic rings. The highest BCUT2D eigenvalue weighted by atomic mass is 35.5. The van der Waals surface area contributed by atoms with Crippen molar-refractivity contribution in [1.29, 1.82) is 0 Å². The normalized spacial score (nSPS) is 13.2. The molecular formula is C14H20ClN3O2. The predicted octanol–water partition coefficient (Wildman–Crippen LogP) is 0.970. The molecule has 2 rings (SSSR count). The average Bonchev–Trinajstić information content (AvgIpc) is 3.15. The minimum atomic E-state index is -0.0874. The Labute approximate surface area is 124 Å². The van der Waals surface area contributed by atoms with Crippen LogP contribution in [0.3, 0.4) is 0 Å². The number of carbonyl (C=O) groups excluding carboxylic acids is 2.